The van der Waals surface area contributed by atoms with Gasteiger partial charge in [0, 0.05) is 31.5 Å². The van der Waals surface area contributed by atoms with Gasteiger partial charge in [-0.2, -0.15) is 0 Å². The van der Waals surface area contributed by atoms with Crippen molar-refractivity contribution in [2.45, 2.75) is 32.5 Å². The van der Waals surface area contributed by atoms with Gasteiger partial charge in [0.25, 0.3) is 0 Å². The third-order valence-electron chi connectivity index (χ3n) is 5.28. The summed E-state index contributed by atoms with van der Waals surface area (Å²) in [6, 6.07) is 8.27. The smallest absolute Gasteiger partial charge is 0.214 e. The normalized spacial score (nSPS) is 21.3. The predicted octanol–water partition coefficient (Wildman–Crippen LogP) is 4.39. The first-order chi connectivity index (χ1) is 12.9. The van der Waals surface area contributed by atoms with Gasteiger partial charge in [0.15, 0.2) is 0 Å². The maximum absolute atomic E-state index is 10.9. The number of hydrogen-bond donors (Lipinski definition) is 0. The van der Waals surface area contributed by atoms with Crippen LogP contribution in [0.3, 0.4) is 0 Å². The molecule has 2 aliphatic heterocycles. The first-order valence-electron chi connectivity index (χ1n) is 9.28. The molecule has 0 bridgehead atoms. The van der Waals surface area contributed by atoms with Crippen molar-refractivity contribution < 1.29 is 14.3 Å². The number of carbonyl (C=O) groups is 1. The van der Waals surface area contributed by atoms with E-state index < -0.39 is 5.79 Å². The highest BCUT2D eigenvalue weighted by atomic mass is 16.7. The summed E-state index contributed by atoms with van der Waals surface area (Å²) in [6.45, 7) is 14.1. The Kier molecular flexibility index (Phi) is 5.66. The lowest BCUT2D eigenvalue weighted by Crippen LogP contribution is -2.49. The molecule has 27 heavy (non-hydrogen) atoms. The van der Waals surface area contributed by atoms with Gasteiger partial charge in [-0.3, -0.25) is 4.79 Å². The number of piperidine rings is 1. The fraction of sp³-hybridized carbons (Fsp3) is 0.348. The molecule has 0 N–H and O–H groups in total. The van der Waals surface area contributed by atoms with E-state index in [0.29, 0.717) is 38.3 Å². The zero-order valence-corrected chi connectivity index (χ0v) is 16.2. The lowest BCUT2D eigenvalue weighted by molar-refractivity contribution is -0.245. The molecule has 3 rings (SSSR count). The number of likely N-dealkylation sites (tertiary alicyclic amines) is 1. The van der Waals surface area contributed by atoms with Crippen LogP contribution >= 0.6 is 0 Å². The molecule has 4 heteroatoms. The molecule has 1 amide bonds. The summed E-state index contributed by atoms with van der Waals surface area (Å²) < 4.78 is 12.1. The standard InChI is InChI=1S/C23H27NO3/c1-17-7-5-6-8-21(17)13-18(2)19(3)14-22-15-26-23(27-20(22)4)9-11-24(16-25)12-10-23/h5-8,13-14,16H,3-4,9-12,15H2,1-2H3/b18-13+,22-14-. The summed E-state index contributed by atoms with van der Waals surface area (Å²) >= 11 is 0. The van der Waals surface area contributed by atoms with E-state index in [1.165, 1.54) is 11.1 Å². The second-order valence-electron chi connectivity index (χ2n) is 7.24. The van der Waals surface area contributed by atoms with Gasteiger partial charge >= 0.3 is 0 Å². The van der Waals surface area contributed by atoms with Crippen molar-refractivity contribution in [1.82, 2.24) is 4.90 Å². The van der Waals surface area contributed by atoms with E-state index in [4.69, 9.17) is 9.47 Å². The summed E-state index contributed by atoms with van der Waals surface area (Å²) in [5.74, 6) is -0.0213. The zero-order valence-electron chi connectivity index (χ0n) is 16.2. The fourth-order valence-corrected chi connectivity index (χ4v) is 3.35. The van der Waals surface area contributed by atoms with Gasteiger partial charge in [-0.15, -0.1) is 0 Å². The minimum Gasteiger partial charge on any atom is -0.462 e. The molecule has 2 aliphatic rings. The minimum absolute atomic E-state index is 0.441. The highest BCUT2D eigenvalue weighted by molar-refractivity contribution is 5.62. The zero-order chi connectivity index (χ0) is 19.4. The van der Waals surface area contributed by atoms with Crippen molar-refractivity contribution in [3.63, 3.8) is 0 Å². The molecule has 2 saturated heterocycles. The van der Waals surface area contributed by atoms with Gasteiger partial charge in [-0.25, -0.2) is 0 Å². The van der Waals surface area contributed by atoms with Crippen LogP contribution in [-0.4, -0.2) is 36.8 Å². The summed E-state index contributed by atoms with van der Waals surface area (Å²) in [6.07, 6.45) is 6.32. The highest BCUT2D eigenvalue weighted by Crippen LogP contribution is 2.36. The molecule has 0 aliphatic carbocycles. The monoisotopic (exact) mass is 365 g/mol. The molecule has 2 heterocycles. The first-order valence-corrected chi connectivity index (χ1v) is 9.28. The molecule has 0 atom stereocenters. The van der Waals surface area contributed by atoms with Crippen LogP contribution < -0.4 is 0 Å². The molecule has 0 saturated carbocycles. The van der Waals surface area contributed by atoms with Crippen LogP contribution in [0, 0.1) is 6.92 Å². The topological polar surface area (TPSA) is 38.8 Å². The van der Waals surface area contributed by atoms with Crippen molar-refractivity contribution in [2.75, 3.05) is 19.7 Å². The van der Waals surface area contributed by atoms with Crippen molar-refractivity contribution in [3.05, 3.63) is 77.1 Å². The molecule has 142 valence electrons. The van der Waals surface area contributed by atoms with Gasteiger partial charge in [0.05, 0.1) is 6.61 Å². The second kappa shape index (κ2) is 7.97. The number of ether oxygens (including phenoxy) is 2. The van der Waals surface area contributed by atoms with E-state index in [0.717, 1.165) is 23.1 Å². The molecular weight excluding hydrogens is 338 g/mol. The Bertz CT molecular complexity index is 811. The van der Waals surface area contributed by atoms with Crippen LogP contribution in [0.5, 0.6) is 0 Å². The third-order valence-corrected chi connectivity index (χ3v) is 5.28. The molecule has 1 aromatic carbocycles. The van der Waals surface area contributed by atoms with Crippen molar-refractivity contribution in [1.29, 1.82) is 0 Å². The van der Waals surface area contributed by atoms with Crippen LogP contribution in [-0.2, 0) is 14.3 Å². The van der Waals surface area contributed by atoms with Crippen molar-refractivity contribution in [3.8, 4) is 0 Å². The van der Waals surface area contributed by atoms with Gasteiger partial charge in [-0.1, -0.05) is 43.5 Å². The van der Waals surface area contributed by atoms with Gasteiger partial charge in [0.2, 0.25) is 12.2 Å². The van der Waals surface area contributed by atoms with Crippen LogP contribution in [0.2, 0.25) is 0 Å². The third kappa shape index (κ3) is 4.40. The largest absolute Gasteiger partial charge is 0.462 e. The molecular formula is C23H27NO3. The molecule has 4 nitrogen and oxygen atoms in total. The number of amides is 1. The molecule has 0 aromatic heterocycles. The Morgan fingerprint density at radius 3 is 2.59 bits per heavy atom. The van der Waals surface area contributed by atoms with Crippen molar-refractivity contribution in [2.24, 2.45) is 0 Å². The minimum atomic E-state index is -0.651. The molecule has 0 unspecified atom stereocenters. The number of benzene rings is 1. The number of carbonyl (C=O) groups excluding carboxylic acids is 1. The molecule has 2 fully saturated rings. The number of nitrogens with zero attached hydrogens (tertiary/aromatic N) is 1. The Balaban J connectivity index is 1.68. The molecule has 1 spiro atoms. The van der Waals surface area contributed by atoms with E-state index in [-0.39, 0.29) is 0 Å². The van der Waals surface area contributed by atoms with E-state index in [1.807, 2.05) is 18.2 Å². The van der Waals surface area contributed by atoms with Crippen LogP contribution in [0.4, 0.5) is 0 Å². The van der Waals surface area contributed by atoms with Gasteiger partial charge in [0.1, 0.15) is 5.76 Å². The Morgan fingerprint density at radius 2 is 1.96 bits per heavy atom. The summed E-state index contributed by atoms with van der Waals surface area (Å²) in [5, 5.41) is 0. The maximum Gasteiger partial charge on any atom is 0.214 e. The van der Waals surface area contributed by atoms with E-state index in [9.17, 15) is 4.79 Å². The van der Waals surface area contributed by atoms with Gasteiger partial charge < -0.3 is 14.4 Å². The maximum atomic E-state index is 10.9. The van der Waals surface area contributed by atoms with Crippen LogP contribution in [0.25, 0.3) is 6.08 Å². The quantitative estimate of drug-likeness (QED) is 0.587. The number of allylic oxidation sites excluding steroid dienone is 3. The first kappa shape index (κ1) is 19.2. The van der Waals surface area contributed by atoms with E-state index in [1.54, 1.807) is 4.90 Å². The fourth-order valence-electron chi connectivity index (χ4n) is 3.35. The lowest BCUT2D eigenvalue weighted by Gasteiger charge is -2.43. The highest BCUT2D eigenvalue weighted by Gasteiger charge is 2.41. The number of aryl methyl sites for hydroxylation is 1. The molecule has 0 radical (unpaired) electrons. The Hall–Kier alpha value is -2.59. The second-order valence-corrected chi connectivity index (χ2v) is 7.24. The van der Waals surface area contributed by atoms with Gasteiger partial charge in [-0.05, 0) is 42.2 Å². The summed E-state index contributed by atoms with van der Waals surface area (Å²) in [7, 11) is 0. The van der Waals surface area contributed by atoms with Crippen LogP contribution in [0.15, 0.2) is 66.0 Å². The SMILES string of the molecule is C=C1OC2(CCN(C=O)CC2)OC/C1=C/C(=C)/C(C)=C/c1ccccc1C. The Labute approximate surface area is 161 Å². The predicted molar refractivity (Wildman–Crippen MR) is 108 cm³/mol. The number of rotatable bonds is 4. The van der Waals surface area contributed by atoms with Crippen molar-refractivity contribution >= 4 is 12.5 Å². The van der Waals surface area contributed by atoms with E-state index >= 15 is 0 Å². The van der Waals surface area contributed by atoms with E-state index in [2.05, 4.69) is 45.2 Å². The average Bonchev–Trinajstić information content (AvgIpc) is 2.66. The number of hydrogen-bond acceptors (Lipinski definition) is 3. The van der Waals surface area contributed by atoms with Crippen LogP contribution in [0.1, 0.15) is 30.9 Å². The Morgan fingerprint density at radius 1 is 1.26 bits per heavy atom. The summed E-state index contributed by atoms with van der Waals surface area (Å²) in [4.78, 5) is 12.6. The lowest BCUT2D eigenvalue weighted by atomic mass is 9.99. The molecule has 1 aromatic rings. The average molecular weight is 365 g/mol. The summed E-state index contributed by atoms with van der Waals surface area (Å²) in [5.41, 5.74) is 5.32.